The van der Waals surface area contributed by atoms with E-state index in [0.717, 1.165) is 23.5 Å². The van der Waals surface area contributed by atoms with Crippen LogP contribution in [0.2, 0.25) is 0 Å². The molecule has 0 aromatic heterocycles. The van der Waals surface area contributed by atoms with Gasteiger partial charge in [0.05, 0.1) is 0 Å². The second-order valence-electron chi connectivity index (χ2n) is 7.20. The van der Waals surface area contributed by atoms with Crippen LogP contribution in [0, 0.1) is 0 Å². The first-order valence-corrected chi connectivity index (χ1v) is 9.68. The van der Waals surface area contributed by atoms with Crippen molar-refractivity contribution < 1.29 is 14.3 Å². The quantitative estimate of drug-likeness (QED) is 0.761. The molecule has 1 aliphatic rings. The molecule has 2 amide bonds. The summed E-state index contributed by atoms with van der Waals surface area (Å²) in [4.78, 5) is 16.7. The highest BCUT2D eigenvalue weighted by molar-refractivity contribution is 5.74. The molecular formula is C22H29N3O3. The van der Waals surface area contributed by atoms with Gasteiger partial charge in [-0.3, -0.25) is 0 Å². The van der Waals surface area contributed by atoms with Crippen molar-refractivity contribution in [1.29, 1.82) is 0 Å². The van der Waals surface area contributed by atoms with E-state index in [2.05, 4.69) is 22.3 Å². The van der Waals surface area contributed by atoms with Crippen LogP contribution in [0.1, 0.15) is 18.1 Å². The predicted octanol–water partition coefficient (Wildman–Crippen LogP) is 3.12. The van der Waals surface area contributed by atoms with Gasteiger partial charge < -0.3 is 24.6 Å². The highest BCUT2D eigenvalue weighted by Gasteiger charge is 2.18. The van der Waals surface area contributed by atoms with E-state index in [4.69, 9.17) is 9.47 Å². The Balaban J connectivity index is 1.56. The van der Waals surface area contributed by atoms with Crippen LogP contribution in [-0.2, 0) is 13.0 Å². The van der Waals surface area contributed by atoms with Gasteiger partial charge in [0.25, 0.3) is 0 Å². The van der Waals surface area contributed by atoms with E-state index in [9.17, 15) is 4.79 Å². The van der Waals surface area contributed by atoms with Gasteiger partial charge in [0.1, 0.15) is 0 Å². The second kappa shape index (κ2) is 9.46. The van der Waals surface area contributed by atoms with Gasteiger partial charge in [-0.2, -0.15) is 0 Å². The summed E-state index contributed by atoms with van der Waals surface area (Å²) in [5.41, 5.74) is 2.29. The third-order valence-corrected chi connectivity index (χ3v) is 5.01. The minimum Gasteiger partial charge on any atom is -0.454 e. The Hall–Kier alpha value is -2.73. The molecule has 1 atom stereocenters. The molecule has 2 aromatic rings. The van der Waals surface area contributed by atoms with Crippen molar-refractivity contribution in [3.63, 3.8) is 0 Å². The molecule has 0 spiro atoms. The molecule has 6 heteroatoms. The van der Waals surface area contributed by atoms with Crippen LogP contribution in [0.5, 0.6) is 11.5 Å². The Labute approximate surface area is 167 Å². The maximum Gasteiger partial charge on any atom is 0.317 e. The Bertz CT molecular complexity index is 780. The molecule has 0 saturated heterocycles. The van der Waals surface area contributed by atoms with Crippen molar-refractivity contribution in [2.75, 3.05) is 34.0 Å². The van der Waals surface area contributed by atoms with E-state index >= 15 is 0 Å². The number of nitrogens with one attached hydrogen (secondary N) is 1. The van der Waals surface area contributed by atoms with Crippen LogP contribution in [0.25, 0.3) is 0 Å². The Morgan fingerprint density at radius 3 is 2.54 bits per heavy atom. The lowest BCUT2D eigenvalue weighted by Crippen LogP contribution is -2.46. The molecular weight excluding hydrogens is 354 g/mol. The van der Waals surface area contributed by atoms with E-state index in [-0.39, 0.29) is 18.9 Å². The molecule has 0 radical (unpaired) electrons. The molecule has 150 valence electrons. The molecule has 1 unspecified atom stereocenters. The summed E-state index contributed by atoms with van der Waals surface area (Å²) in [6, 6.07) is 16.3. The van der Waals surface area contributed by atoms with Gasteiger partial charge >= 0.3 is 6.03 Å². The van der Waals surface area contributed by atoms with Crippen molar-refractivity contribution in [1.82, 2.24) is 15.1 Å². The van der Waals surface area contributed by atoms with E-state index in [1.165, 1.54) is 5.56 Å². The van der Waals surface area contributed by atoms with Crippen LogP contribution in [0.4, 0.5) is 4.79 Å². The van der Waals surface area contributed by atoms with Crippen molar-refractivity contribution in [3.05, 3.63) is 59.7 Å². The fraction of sp³-hybridized carbons (Fsp3) is 0.409. The van der Waals surface area contributed by atoms with Gasteiger partial charge in [-0.1, -0.05) is 36.4 Å². The Morgan fingerprint density at radius 2 is 1.82 bits per heavy atom. The van der Waals surface area contributed by atoms with Crippen LogP contribution < -0.4 is 14.8 Å². The number of rotatable bonds is 8. The molecule has 0 bridgehead atoms. The third-order valence-electron chi connectivity index (χ3n) is 5.01. The Morgan fingerprint density at radius 1 is 1.07 bits per heavy atom. The topological polar surface area (TPSA) is 54.0 Å². The highest BCUT2D eigenvalue weighted by atomic mass is 16.7. The fourth-order valence-corrected chi connectivity index (χ4v) is 3.23. The first-order valence-electron chi connectivity index (χ1n) is 9.68. The Kier molecular flexibility index (Phi) is 6.76. The molecule has 0 saturated carbocycles. The number of hydrogen-bond donors (Lipinski definition) is 1. The zero-order chi connectivity index (χ0) is 19.9. The van der Waals surface area contributed by atoms with Crippen LogP contribution in [-0.4, -0.2) is 55.9 Å². The highest BCUT2D eigenvalue weighted by Crippen LogP contribution is 2.32. The van der Waals surface area contributed by atoms with E-state index in [1.807, 2.05) is 57.4 Å². The molecule has 1 aliphatic heterocycles. The smallest absolute Gasteiger partial charge is 0.317 e. The van der Waals surface area contributed by atoms with Crippen LogP contribution in [0.15, 0.2) is 48.5 Å². The zero-order valence-corrected chi connectivity index (χ0v) is 16.9. The number of benzene rings is 2. The van der Waals surface area contributed by atoms with Gasteiger partial charge in [0.2, 0.25) is 6.79 Å². The van der Waals surface area contributed by atoms with E-state index in [0.29, 0.717) is 19.6 Å². The minimum atomic E-state index is -0.0555. The number of nitrogens with zero attached hydrogens (tertiary/aromatic N) is 2. The number of fused-ring (bicyclic) bond motifs is 1. The normalized spacial score (nSPS) is 13.4. The lowest BCUT2D eigenvalue weighted by molar-refractivity contribution is 0.173. The summed E-state index contributed by atoms with van der Waals surface area (Å²) in [5, 5.41) is 3.10. The van der Waals surface area contributed by atoms with Crippen LogP contribution in [0.3, 0.4) is 0 Å². The maximum absolute atomic E-state index is 12.7. The molecule has 6 nitrogen and oxygen atoms in total. The van der Waals surface area contributed by atoms with E-state index in [1.54, 1.807) is 4.90 Å². The molecule has 1 N–H and O–H groups in total. The SMILES string of the molecule is CCN(Cc1ccc2c(c1)OCO2)C(=O)NCC(Cc1ccccc1)N(C)C. The van der Waals surface area contributed by atoms with Gasteiger partial charge in [-0.25, -0.2) is 4.79 Å². The van der Waals surface area contributed by atoms with Crippen molar-refractivity contribution in [3.8, 4) is 11.5 Å². The summed E-state index contributed by atoms with van der Waals surface area (Å²) in [7, 11) is 4.09. The number of hydrogen-bond acceptors (Lipinski definition) is 4. The number of urea groups is 1. The number of ether oxygens (including phenoxy) is 2. The summed E-state index contributed by atoms with van der Waals surface area (Å²) in [6.45, 7) is 4.00. The van der Waals surface area contributed by atoms with Crippen LogP contribution >= 0.6 is 0 Å². The van der Waals surface area contributed by atoms with E-state index < -0.39 is 0 Å². The summed E-state index contributed by atoms with van der Waals surface area (Å²) in [6.07, 6.45) is 0.891. The van der Waals surface area contributed by atoms with Gasteiger partial charge in [-0.15, -0.1) is 0 Å². The summed E-state index contributed by atoms with van der Waals surface area (Å²) < 4.78 is 10.8. The lowest BCUT2D eigenvalue weighted by atomic mass is 10.1. The monoisotopic (exact) mass is 383 g/mol. The average Bonchev–Trinajstić information content (AvgIpc) is 3.17. The first kappa shape index (κ1) is 20.0. The van der Waals surface area contributed by atoms with Crippen molar-refractivity contribution >= 4 is 6.03 Å². The molecule has 0 fully saturated rings. The number of likely N-dealkylation sites (N-methyl/N-ethyl adjacent to an activating group) is 1. The second-order valence-corrected chi connectivity index (χ2v) is 7.20. The zero-order valence-electron chi connectivity index (χ0n) is 16.9. The molecule has 2 aromatic carbocycles. The standard InChI is InChI=1S/C22H29N3O3/c1-4-25(15-18-10-11-20-21(13-18)28-16-27-20)22(26)23-14-19(24(2)3)12-17-8-6-5-7-9-17/h5-11,13,19H,4,12,14-16H2,1-3H3,(H,23,26). The first-order chi connectivity index (χ1) is 13.6. The maximum atomic E-state index is 12.7. The average molecular weight is 383 g/mol. The largest absolute Gasteiger partial charge is 0.454 e. The van der Waals surface area contributed by atoms with Gasteiger partial charge in [0, 0.05) is 25.7 Å². The molecule has 1 heterocycles. The predicted molar refractivity (Wildman–Crippen MR) is 110 cm³/mol. The van der Waals surface area contributed by atoms with Crippen molar-refractivity contribution in [2.24, 2.45) is 0 Å². The van der Waals surface area contributed by atoms with Crippen molar-refractivity contribution in [2.45, 2.75) is 25.9 Å². The fourth-order valence-electron chi connectivity index (χ4n) is 3.23. The number of carbonyl (C=O) groups is 1. The van der Waals surface area contributed by atoms with Gasteiger partial charge in [-0.05, 0) is 50.7 Å². The molecule has 0 aliphatic carbocycles. The summed E-state index contributed by atoms with van der Waals surface area (Å²) >= 11 is 0. The minimum absolute atomic E-state index is 0.0555. The summed E-state index contributed by atoms with van der Waals surface area (Å²) in [5.74, 6) is 1.50. The van der Waals surface area contributed by atoms with Gasteiger partial charge in [0.15, 0.2) is 11.5 Å². The molecule has 28 heavy (non-hydrogen) atoms. The number of amides is 2. The lowest BCUT2D eigenvalue weighted by Gasteiger charge is -2.27. The molecule has 3 rings (SSSR count). The third kappa shape index (κ3) is 5.16. The number of carbonyl (C=O) groups excluding carboxylic acids is 1.